The fourth-order valence-electron chi connectivity index (χ4n) is 4.89. The Hall–Kier alpha value is -1.63. The van der Waals surface area contributed by atoms with Crippen LogP contribution in [0.25, 0.3) is 0 Å². The molecule has 2 rings (SSSR count). The van der Waals surface area contributed by atoms with Crippen LogP contribution in [-0.4, -0.2) is 72.5 Å². The predicted octanol–water partition coefficient (Wildman–Crippen LogP) is 3.71. The van der Waals surface area contributed by atoms with E-state index in [1.807, 2.05) is 25.7 Å². The molecule has 0 aromatic carbocycles. The van der Waals surface area contributed by atoms with Crippen molar-refractivity contribution in [3.05, 3.63) is 0 Å². The number of Topliss-reactive ketones (excluding diaryl/α,β-unsaturated/α-hetero) is 1. The fourth-order valence-corrected chi connectivity index (χ4v) is 4.89. The summed E-state index contributed by atoms with van der Waals surface area (Å²) in [6, 6.07) is 0. The van der Waals surface area contributed by atoms with Gasteiger partial charge in [-0.05, 0) is 51.9 Å². The van der Waals surface area contributed by atoms with E-state index in [1.54, 1.807) is 4.90 Å². The number of carbonyl (C=O) groups is 3. The summed E-state index contributed by atoms with van der Waals surface area (Å²) in [5, 5.41) is 3.26. The zero-order chi connectivity index (χ0) is 23.9. The Balaban J connectivity index is 1.78. The van der Waals surface area contributed by atoms with Crippen molar-refractivity contribution in [1.82, 2.24) is 15.1 Å². The lowest BCUT2D eigenvalue weighted by Gasteiger charge is -2.35. The summed E-state index contributed by atoms with van der Waals surface area (Å²) >= 11 is 0. The number of likely N-dealkylation sites (tertiary alicyclic amines) is 1. The summed E-state index contributed by atoms with van der Waals surface area (Å²) in [5.74, 6) is 0.989. The number of ketones is 1. The molecule has 2 unspecified atom stereocenters. The Labute approximate surface area is 194 Å². The predicted molar refractivity (Wildman–Crippen MR) is 126 cm³/mol. The number of carbonyl (C=O) groups excluding carboxylic acids is 3. The van der Waals surface area contributed by atoms with Crippen LogP contribution in [0.15, 0.2) is 0 Å². The normalized spacial score (nSPS) is 20.2. The third kappa shape index (κ3) is 7.46. The Morgan fingerprint density at radius 2 is 1.59 bits per heavy atom. The molecule has 0 radical (unpaired) electrons. The first-order valence-corrected chi connectivity index (χ1v) is 12.6. The first-order valence-electron chi connectivity index (χ1n) is 12.6. The molecule has 2 atom stereocenters. The lowest BCUT2D eigenvalue weighted by molar-refractivity contribution is -0.136. The summed E-state index contributed by atoms with van der Waals surface area (Å²) in [6.45, 7) is 16.4. The van der Waals surface area contributed by atoms with Crippen molar-refractivity contribution in [2.75, 3.05) is 39.3 Å². The second-order valence-electron chi connectivity index (χ2n) is 10.6. The third-order valence-corrected chi connectivity index (χ3v) is 7.16. The van der Waals surface area contributed by atoms with E-state index in [0.717, 1.165) is 32.6 Å². The molecule has 184 valence electrons. The summed E-state index contributed by atoms with van der Waals surface area (Å²) in [4.78, 5) is 41.9. The van der Waals surface area contributed by atoms with E-state index in [0.29, 0.717) is 50.5 Å². The zero-order valence-electron chi connectivity index (χ0n) is 21.1. The van der Waals surface area contributed by atoms with Gasteiger partial charge in [-0.1, -0.05) is 27.7 Å². The van der Waals surface area contributed by atoms with Crippen LogP contribution in [0.1, 0.15) is 73.6 Å². The minimum Gasteiger partial charge on any atom is -0.443 e. The minimum absolute atomic E-state index is 0.0521. The SMILES string of the molecule is CCC(C(=O)C1CCN(C(=O)OC(C)(C)CCC(C)C(=O)N2CCNCC2)CC1)C(C)C. The lowest BCUT2D eigenvalue weighted by atomic mass is 9.79. The van der Waals surface area contributed by atoms with Crippen LogP contribution < -0.4 is 5.32 Å². The van der Waals surface area contributed by atoms with Crippen LogP contribution in [0.3, 0.4) is 0 Å². The molecular weight excluding hydrogens is 406 g/mol. The van der Waals surface area contributed by atoms with Crippen molar-refractivity contribution in [3.8, 4) is 0 Å². The number of piperidine rings is 1. The van der Waals surface area contributed by atoms with Crippen LogP contribution in [0, 0.1) is 23.7 Å². The molecule has 2 fully saturated rings. The van der Waals surface area contributed by atoms with E-state index in [9.17, 15) is 14.4 Å². The van der Waals surface area contributed by atoms with Crippen molar-refractivity contribution in [3.63, 3.8) is 0 Å². The third-order valence-electron chi connectivity index (χ3n) is 7.16. The van der Waals surface area contributed by atoms with Crippen LogP contribution in [0.5, 0.6) is 0 Å². The summed E-state index contributed by atoms with van der Waals surface area (Å²) in [6.07, 6.45) is 3.33. The van der Waals surface area contributed by atoms with Gasteiger partial charge in [0.15, 0.2) is 0 Å². The highest BCUT2D eigenvalue weighted by Crippen LogP contribution is 2.28. The molecule has 0 bridgehead atoms. The molecule has 0 aromatic heterocycles. The molecule has 2 saturated heterocycles. The molecule has 32 heavy (non-hydrogen) atoms. The summed E-state index contributed by atoms with van der Waals surface area (Å²) in [7, 11) is 0. The fraction of sp³-hybridized carbons (Fsp3) is 0.880. The Kier molecular flexibility index (Phi) is 9.99. The van der Waals surface area contributed by atoms with Gasteiger partial charge in [-0.15, -0.1) is 0 Å². The van der Waals surface area contributed by atoms with Gasteiger partial charge in [0.1, 0.15) is 11.4 Å². The number of hydrogen-bond donors (Lipinski definition) is 1. The monoisotopic (exact) mass is 451 g/mol. The van der Waals surface area contributed by atoms with Crippen molar-refractivity contribution < 1.29 is 19.1 Å². The second kappa shape index (κ2) is 12.0. The molecule has 0 aromatic rings. The van der Waals surface area contributed by atoms with Gasteiger partial charge in [0.2, 0.25) is 5.91 Å². The van der Waals surface area contributed by atoms with Crippen LogP contribution in [-0.2, 0) is 14.3 Å². The maximum absolute atomic E-state index is 12.8. The Bertz CT molecular complexity index is 635. The number of amides is 2. The molecule has 2 aliphatic rings. The molecule has 0 spiro atoms. The van der Waals surface area contributed by atoms with E-state index in [2.05, 4.69) is 26.1 Å². The molecule has 0 aliphatic carbocycles. The largest absolute Gasteiger partial charge is 0.443 e. The average Bonchev–Trinajstić information content (AvgIpc) is 2.77. The molecule has 0 saturated carbocycles. The van der Waals surface area contributed by atoms with Crippen molar-refractivity contribution in [1.29, 1.82) is 0 Å². The highest BCUT2D eigenvalue weighted by atomic mass is 16.6. The second-order valence-corrected chi connectivity index (χ2v) is 10.6. The Morgan fingerprint density at radius 3 is 2.12 bits per heavy atom. The lowest BCUT2D eigenvalue weighted by Crippen LogP contribution is -2.48. The van der Waals surface area contributed by atoms with Gasteiger partial charge in [-0.25, -0.2) is 4.79 Å². The van der Waals surface area contributed by atoms with Crippen LogP contribution in [0.2, 0.25) is 0 Å². The van der Waals surface area contributed by atoms with Gasteiger partial charge in [-0.2, -0.15) is 0 Å². The van der Waals surface area contributed by atoms with Gasteiger partial charge in [0.05, 0.1) is 0 Å². The molecule has 1 N–H and O–H groups in total. The molecule has 2 aliphatic heterocycles. The van der Waals surface area contributed by atoms with Gasteiger partial charge < -0.3 is 19.9 Å². The zero-order valence-corrected chi connectivity index (χ0v) is 21.1. The van der Waals surface area contributed by atoms with Crippen LogP contribution >= 0.6 is 0 Å². The number of rotatable bonds is 9. The van der Waals surface area contributed by atoms with Crippen molar-refractivity contribution in [2.24, 2.45) is 23.7 Å². The number of nitrogens with zero attached hydrogens (tertiary/aromatic N) is 2. The van der Waals surface area contributed by atoms with Gasteiger partial charge in [0, 0.05) is 57.0 Å². The average molecular weight is 452 g/mol. The molecular formula is C25H45N3O4. The first-order chi connectivity index (χ1) is 15.1. The van der Waals surface area contributed by atoms with E-state index in [-0.39, 0.29) is 29.8 Å². The number of piperazine rings is 1. The number of hydrogen-bond acceptors (Lipinski definition) is 5. The Morgan fingerprint density at radius 1 is 1.00 bits per heavy atom. The van der Waals surface area contributed by atoms with E-state index < -0.39 is 5.60 Å². The van der Waals surface area contributed by atoms with Crippen molar-refractivity contribution in [2.45, 2.75) is 79.2 Å². The number of nitrogens with one attached hydrogen (secondary N) is 1. The highest BCUT2D eigenvalue weighted by Gasteiger charge is 2.34. The quantitative estimate of drug-likeness (QED) is 0.578. The maximum Gasteiger partial charge on any atom is 0.410 e. The van der Waals surface area contributed by atoms with Gasteiger partial charge in [0.25, 0.3) is 0 Å². The molecule has 2 heterocycles. The van der Waals surface area contributed by atoms with E-state index in [4.69, 9.17) is 4.74 Å². The standard InChI is InChI=1S/C25H45N3O4/c1-7-21(18(2)3)22(29)20-9-14-28(15-10-20)24(31)32-25(5,6)11-8-19(4)23(30)27-16-12-26-13-17-27/h18-21,26H,7-17H2,1-6H3. The maximum atomic E-state index is 12.8. The van der Waals surface area contributed by atoms with Crippen LogP contribution in [0.4, 0.5) is 4.79 Å². The highest BCUT2D eigenvalue weighted by molar-refractivity contribution is 5.84. The van der Waals surface area contributed by atoms with Crippen molar-refractivity contribution >= 4 is 17.8 Å². The smallest absolute Gasteiger partial charge is 0.410 e. The van der Waals surface area contributed by atoms with Gasteiger partial charge in [-0.3, -0.25) is 9.59 Å². The molecule has 7 nitrogen and oxygen atoms in total. The van der Waals surface area contributed by atoms with E-state index >= 15 is 0 Å². The summed E-state index contributed by atoms with van der Waals surface area (Å²) in [5.41, 5.74) is -0.632. The van der Waals surface area contributed by atoms with E-state index in [1.165, 1.54) is 0 Å². The van der Waals surface area contributed by atoms with Gasteiger partial charge >= 0.3 is 6.09 Å². The minimum atomic E-state index is -0.632. The molecule has 7 heteroatoms. The number of ether oxygens (including phenoxy) is 1. The molecule has 2 amide bonds. The first kappa shape index (κ1) is 26.6. The summed E-state index contributed by atoms with van der Waals surface area (Å²) < 4.78 is 5.82. The topological polar surface area (TPSA) is 79.0 Å².